The Bertz CT molecular complexity index is 1020. The Labute approximate surface area is 181 Å². The van der Waals surface area contributed by atoms with Gasteiger partial charge in [0.1, 0.15) is 5.69 Å². The predicted molar refractivity (Wildman–Crippen MR) is 116 cm³/mol. The molecule has 31 heavy (non-hydrogen) atoms. The summed E-state index contributed by atoms with van der Waals surface area (Å²) in [7, 11) is 0. The molecule has 2 amide bonds. The van der Waals surface area contributed by atoms with Crippen LogP contribution in [0.4, 0.5) is 0 Å². The maximum atomic E-state index is 12.6. The Kier molecular flexibility index (Phi) is 6.31. The summed E-state index contributed by atoms with van der Waals surface area (Å²) in [4.78, 5) is 39.9. The average molecular weight is 415 g/mol. The largest absolute Gasteiger partial charge is 0.344 e. The number of likely N-dealkylation sites (tertiary alicyclic amines) is 1. The van der Waals surface area contributed by atoms with Crippen molar-refractivity contribution in [1.29, 1.82) is 0 Å². The van der Waals surface area contributed by atoms with Crippen LogP contribution in [0.15, 0.2) is 67.1 Å². The summed E-state index contributed by atoms with van der Waals surface area (Å²) in [6.45, 7) is 3.25. The van der Waals surface area contributed by atoms with Gasteiger partial charge in [-0.3, -0.25) is 24.5 Å². The molecule has 0 aromatic carbocycles. The van der Waals surface area contributed by atoms with Gasteiger partial charge in [0.05, 0.1) is 17.3 Å². The fourth-order valence-corrected chi connectivity index (χ4v) is 3.80. The van der Waals surface area contributed by atoms with Gasteiger partial charge in [0, 0.05) is 43.3 Å². The van der Waals surface area contributed by atoms with Crippen molar-refractivity contribution >= 4 is 11.8 Å². The molecule has 1 aliphatic rings. The van der Waals surface area contributed by atoms with Crippen molar-refractivity contribution in [2.45, 2.75) is 31.7 Å². The van der Waals surface area contributed by atoms with Gasteiger partial charge in [0.15, 0.2) is 0 Å². The van der Waals surface area contributed by atoms with E-state index < -0.39 is 0 Å². The number of pyridine rings is 3. The highest BCUT2D eigenvalue weighted by atomic mass is 16.2. The molecule has 7 heteroatoms. The fourth-order valence-electron chi connectivity index (χ4n) is 3.80. The third kappa shape index (κ3) is 4.94. The number of nitrogens with one attached hydrogen (secondary N) is 1. The summed E-state index contributed by atoms with van der Waals surface area (Å²) in [5, 5.41) is 2.95. The number of rotatable bonds is 5. The first-order chi connectivity index (χ1) is 15.1. The molecule has 1 aliphatic heterocycles. The summed E-state index contributed by atoms with van der Waals surface area (Å²) in [5.41, 5.74) is 2.77. The van der Waals surface area contributed by atoms with E-state index >= 15 is 0 Å². The summed E-state index contributed by atoms with van der Waals surface area (Å²) >= 11 is 0. The number of piperidine rings is 1. The highest BCUT2D eigenvalue weighted by molar-refractivity contribution is 5.94. The molecule has 1 fully saturated rings. The highest BCUT2D eigenvalue weighted by Crippen LogP contribution is 2.27. The van der Waals surface area contributed by atoms with Crippen LogP contribution in [0.25, 0.3) is 0 Å². The highest BCUT2D eigenvalue weighted by Gasteiger charge is 2.26. The van der Waals surface area contributed by atoms with E-state index in [1.165, 1.54) is 0 Å². The van der Waals surface area contributed by atoms with Gasteiger partial charge < -0.3 is 10.2 Å². The van der Waals surface area contributed by atoms with Crippen LogP contribution in [0.3, 0.4) is 0 Å². The Hall–Kier alpha value is -3.61. The summed E-state index contributed by atoms with van der Waals surface area (Å²) in [6, 6.07) is 14.6. The van der Waals surface area contributed by atoms with E-state index in [1.54, 1.807) is 30.7 Å². The predicted octanol–water partition coefficient (Wildman–Crippen LogP) is 3.38. The fraction of sp³-hybridized carbons (Fsp3) is 0.292. The van der Waals surface area contributed by atoms with E-state index in [2.05, 4.69) is 20.3 Å². The standard InChI is InChI=1S/C24H25N5O2/c1-17(20-6-2-4-12-25-20)28-23(30)19-8-9-21(27-16-19)18-10-14-29(15-11-18)24(31)22-7-3-5-13-26-22/h2-9,12-13,16-18H,10-11,14-15H2,1H3,(H,28,30). The van der Waals surface area contributed by atoms with Crippen LogP contribution in [0, 0.1) is 0 Å². The molecule has 0 aliphatic carbocycles. The minimum Gasteiger partial charge on any atom is -0.344 e. The third-order valence-electron chi connectivity index (χ3n) is 5.61. The summed E-state index contributed by atoms with van der Waals surface area (Å²) in [6.07, 6.45) is 6.66. The Morgan fingerprint density at radius 3 is 2.32 bits per heavy atom. The number of amides is 2. The first-order valence-corrected chi connectivity index (χ1v) is 10.5. The number of carbonyl (C=O) groups is 2. The SMILES string of the molecule is CC(NC(=O)c1ccc(C2CCN(C(=O)c3ccccn3)CC2)nc1)c1ccccn1. The average Bonchev–Trinajstić information content (AvgIpc) is 2.85. The van der Waals surface area contributed by atoms with Crippen LogP contribution in [0.1, 0.15) is 64.0 Å². The van der Waals surface area contributed by atoms with Crippen LogP contribution in [0.2, 0.25) is 0 Å². The second-order valence-corrected chi connectivity index (χ2v) is 7.70. The summed E-state index contributed by atoms with van der Waals surface area (Å²) in [5.74, 6) is 0.0753. The smallest absolute Gasteiger partial charge is 0.272 e. The molecular weight excluding hydrogens is 390 g/mol. The topological polar surface area (TPSA) is 88.1 Å². The molecule has 0 saturated carbocycles. The number of hydrogen-bond acceptors (Lipinski definition) is 5. The maximum absolute atomic E-state index is 12.6. The number of hydrogen-bond donors (Lipinski definition) is 1. The molecule has 1 N–H and O–H groups in total. The third-order valence-corrected chi connectivity index (χ3v) is 5.61. The lowest BCUT2D eigenvalue weighted by Crippen LogP contribution is -2.38. The van der Waals surface area contributed by atoms with Crippen molar-refractivity contribution in [3.05, 3.63) is 89.8 Å². The lowest BCUT2D eigenvalue weighted by atomic mass is 9.92. The van der Waals surface area contributed by atoms with E-state index in [4.69, 9.17) is 0 Å². The Morgan fingerprint density at radius 1 is 0.968 bits per heavy atom. The molecule has 7 nitrogen and oxygen atoms in total. The first-order valence-electron chi connectivity index (χ1n) is 10.5. The van der Waals surface area contributed by atoms with Crippen molar-refractivity contribution < 1.29 is 9.59 Å². The van der Waals surface area contributed by atoms with Crippen molar-refractivity contribution in [3.8, 4) is 0 Å². The second-order valence-electron chi connectivity index (χ2n) is 7.70. The molecule has 1 atom stereocenters. The zero-order valence-electron chi connectivity index (χ0n) is 17.4. The van der Waals surface area contributed by atoms with E-state index in [0.29, 0.717) is 24.3 Å². The van der Waals surface area contributed by atoms with E-state index in [9.17, 15) is 9.59 Å². The lowest BCUT2D eigenvalue weighted by Gasteiger charge is -2.31. The molecule has 0 spiro atoms. The maximum Gasteiger partial charge on any atom is 0.272 e. The second kappa shape index (κ2) is 9.47. The van der Waals surface area contributed by atoms with Crippen molar-refractivity contribution in [1.82, 2.24) is 25.2 Å². The molecule has 3 aromatic heterocycles. The quantitative estimate of drug-likeness (QED) is 0.690. The molecule has 4 heterocycles. The van der Waals surface area contributed by atoms with Gasteiger partial charge in [0.25, 0.3) is 11.8 Å². The van der Waals surface area contributed by atoms with Crippen molar-refractivity contribution in [2.75, 3.05) is 13.1 Å². The minimum atomic E-state index is -0.186. The van der Waals surface area contributed by atoms with Gasteiger partial charge in [-0.2, -0.15) is 0 Å². The normalized spacial score (nSPS) is 15.3. The zero-order chi connectivity index (χ0) is 21.6. The zero-order valence-corrected chi connectivity index (χ0v) is 17.4. The molecular formula is C24H25N5O2. The Balaban J connectivity index is 1.32. The van der Waals surface area contributed by atoms with Gasteiger partial charge in [-0.15, -0.1) is 0 Å². The van der Waals surface area contributed by atoms with Crippen molar-refractivity contribution in [2.24, 2.45) is 0 Å². The number of nitrogens with zero attached hydrogens (tertiary/aromatic N) is 4. The van der Waals surface area contributed by atoms with E-state index in [-0.39, 0.29) is 23.8 Å². The van der Waals surface area contributed by atoms with Gasteiger partial charge in [-0.25, -0.2) is 0 Å². The van der Waals surface area contributed by atoms with Gasteiger partial charge in [-0.1, -0.05) is 12.1 Å². The van der Waals surface area contributed by atoms with Gasteiger partial charge in [-0.05, 0) is 56.2 Å². The van der Waals surface area contributed by atoms with Crippen LogP contribution in [-0.2, 0) is 0 Å². The van der Waals surface area contributed by atoms with Crippen LogP contribution >= 0.6 is 0 Å². The number of carbonyl (C=O) groups excluding carboxylic acids is 2. The van der Waals surface area contributed by atoms with E-state index in [0.717, 1.165) is 24.2 Å². The molecule has 0 bridgehead atoms. The summed E-state index contributed by atoms with van der Waals surface area (Å²) < 4.78 is 0. The molecule has 1 unspecified atom stereocenters. The first kappa shape index (κ1) is 20.7. The molecule has 4 rings (SSSR count). The Morgan fingerprint density at radius 2 is 1.71 bits per heavy atom. The van der Waals surface area contributed by atoms with Crippen LogP contribution in [-0.4, -0.2) is 44.8 Å². The molecule has 1 saturated heterocycles. The molecule has 158 valence electrons. The van der Waals surface area contributed by atoms with Crippen LogP contribution < -0.4 is 5.32 Å². The van der Waals surface area contributed by atoms with Crippen molar-refractivity contribution in [3.63, 3.8) is 0 Å². The van der Waals surface area contributed by atoms with Gasteiger partial charge >= 0.3 is 0 Å². The lowest BCUT2D eigenvalue weighted by molar-refractivity contribution is 0.0705. The van der Waals surface area contributed by atoms with E-state index in [1.807, 2.05) is 48.2 Å². The molecule has 0 radical (unpaired) electrons. The van der Waals surface area contributed by atoms with Gasteiger partial charge in [0.2, 0.25) is 0 Å². The number of aromatic nitrogens is 3. The monoisotopic (exact) mass is 415 g/mol. The van der Waals surface area contributed by atoms with Crippen LogP contribution in [0.5, 0.6) is 0 Å². The minimum absolute atomic E-state index is 0.0268. The molecule has 3 aromatic rings.